The zero-order valence-corrected chi connectivity index (χ0v) is 18.1. The molecule has 3 aromatic carbocycles. The van der Waals surface area contributed by atoms with Gasteiger partial charge in [0.2, 0.25) is 0 Å². The van der Waals surface area contributed by atoms with E-state index in [0.29, 0.717) is 22.4 Å². The number of aryl methyl sites for hydroxylation is 1. The van der Waals surface area contributed by atoms with Gasteiger partial charge in [-0.15, -0.1) is 0 Å². The van der Waals surface area contributed by atoms with E-state index in [1.807, 2.05) is 61.5 Å². The quantitative estimate of drug-likeness (QED) is 0.513. The number of hydrogen-bond donors (Lipinski definition) is 2. The molecule has 1 aliphatic rings. The van der Waals surface area contributed by atoms with Gasteiger partial charge in [0, 0.05) is 0 Å². The number of nitrogens with zero attached hydrogens (tertiary/aromatic N) is 1. The van der Waals surface area contributed by atoms with Crippen molar-refractivity contribution in [2.24, 2.45) is 4.99 Å². The van der Waals surface area contributed by atoms with E-state index in [4.69, 9.17) is 9.84 Å². The number of carboxylic acids is 1. The van der Waals surface area contributed by atoms with Crippen LogP contribution in [0.1, 0.15) is 27.0 Å². The van der Waals surface area contributed by atoms with Gasteiger partial charge in [-0.2, -0.15) is 0 Å². The summed E-state index contributed by atoms with van der Waals surface area (Å²) in [5.74, 6) is -0.449. The van der Waals surface area contributed by atoms with E-state index in [0.717, 1.165) is 22.4 Å². The number of carbonyl (C=O) groups excluding carboxylic acids is 1. The Morgan fingerprint density at radius 1 is 1.03 bits per heavy atom. The maximum absolute atomic E-state index is 12.3. The maximum atomic E-state index is 12.3. The van der Waals surface area contributed by atoms with E-state index < -0.39 is 5.97 Å². The second-order valence-electron chi connectivity index (χ2n) is 7.18. The monoisotopic (exact) mass is 444 g/mol. The molecule has 2 N–H and O–H groups in total. The Bertz CT molecular complexity index is 1200. The van der Waals surface area contributed by atoms with Gasteiger partial charge in [-0.25, -0.2) is 9.79 Å². The van der Waals surface area contributed by atoms with Gasteiger partial charge in [0.25, 0.3) is 5.91 Å². The Morgan fingerprint density at radius 3 is 2.38 bits per heavy atom. The molecule has 0 aliphatic carbocycles. The number of ether oxygens (including phenoxy) is 1. The third-order valence-corrected chi connectivity index (χ3v) is 5.61. The third kappa shape index (κ3) is 5.44. The van der Waals surface area contributed by atoms with Crippen molar-refractivity contribution >= 4 is 40.6 Å². The van der Waals surface area contributed by atoms with Crippen LogP contribution in [0.25, 0.3) is 6.08 Å². The molecule has 0 bridgehead atoms. The van der Waals surface area contributed by atoms with Gasteiger partial charge in [-0.1, -0.05) is 42.0 Å². The second kappa shape index (κ2) is 9.53. The van der Waals surface area contributed by atoms with Crippen LogP contribution < -0.4 is 10.1 Å². The van der Waals surface area contributed by atoms with Crippen molar-refractivity contribution in [2.45, 2.75) is 13.5 Å². The Balaban J connectivity index is 1.37. The van der Waals surface area contributed by atoms with Gasteiger partial charge in [-0.05, 0) is 72.3 Å². The molecule has 1 amide bonds. The number of carboxylic acid groups (broad SMARTS) is 1. The van der Waals surface area contributed by atoms with E-state index in [1.165, 1.54) is 11.8 Å². The molecule has 1 aliphatic heterocycles. The summed E-state index contributed by atoms with van der Waals surface area (Å²) < 4.78 is 5.76. The first-order valence-corrected chi connectivity index (χ1v) is 10.7. The van der Waals surface area contributed by atoms with Crippen molar-refractivity contribution in [1.82, 2.24) is 5.32 Å². The summed E-state index contributed by atoms with van der Waals surface area (Å²) in [7, 11) is 0. The molecule has 0 saturated carbocycles. The first kappa shape index (κ1) is 21.4. The number of benzene rings is 3. The Labute approximate surface area is 189 Å². The van der Waals surface area contributed by atoms with Gasteiger partial charge in [0.15, 0.2) is 5.17 Å². The molecule has 32 heavy (non-hydrogen) atoms. The molecule has 1 saturated heterocycles. The molecule has 0 spiro atoms. The Hall–Kier alpha value is -3.84. The number of aliphatic imine (C=N–C) groups is 1. The number of hydrogen-bond acceptors (Lipinski definition) is 5. The second-order valence-corrected chi connectivity index (χ2v) is 8.21. The van der Waals surface area contributed by atoms with Crippen molar-refractivity contribution in [3.63, 3.8) is 0 Å². The van der Waals surface area contributed by atoms with Gasteiger partial charge < -0.3 is 15.2 Å². The number of amides is 1. The molecule has 0 aromatic heterocycles. The van der Waals surface area contributed by atoms with Crippen LogP contribution in [0.3, 0.4) is 0 Å². The molecule has 0 radical (unpaired) electrons. The van der Waals surface area contributed by atoms with E-state index in [1.54, 1.807) is 24.3 Å². The minimum Gasteiger partial charge on any atom is -0.489 e. The number of nitrogens with one attached hydrogen (secondary N) is 1. The van der Waals surface area contributed by atoms with Crippen LogP contribution in [0.4, 0.5) is 5.69 Å². The Kier molecular flexibility index (Phi) is 6.37. The number of amidine groups is 1. The fourth-order valence-corrected chi connectivity index (χ4v) is 3.78. The molecule has 0 unspecified atom stereocenters. The summed E-state index contributed by atoms with van der Waals surface area (Å²) >= 11 is 1.30. The minimum absolute atomic E-state index is 0.175. The molecule has 0 atom stereocenters. The summed E-state index contributed by atoms with van der Waals surface area (Å²) in [6, 6.07) is 21.8. The summed E-state index contributed by atoms with van der Waals surface area (Å²) in [6.07, 6.45) is 1.81. The van der Waals surface area contributed by atoms with Crippen molar-refractivity contribution in [2.75, 3.05) is 0 Å². The smallest absolute Gasteiger partial charge is 0.335 e. The molecule has 6 nitrogen and oxygen atoms in total. The molecule has 4 rings (SSSR count). The van der Waals surface area contributed by atoms with Crippen LogP contribution >= 0.6 is 11.8 Å². The Morgan fingerprint density at radius 2 is 1.72 bits per heavy atom. The van der Waals surface area contributed by atoms with Crippen LogP contribution in [0, 0.1) is 6.92 Å². The predicted octanol–water partition coefficient (Wildman–Crippen LogP) is 5.16. The topological polar surface area (TPSA) is 88.0 Å². The summed E-state index contributed by atoms with van der Waals surface area (Å²) in [6.45, 7) is 2.34. The van der Waals surface area contributed by atoms with Gasteiger partial charge in [0.1, 0.15) is 12.4 Å². The fraction of sp³-hybridized carbons (Fsp3) is 0.0800. The molecule has 1 fully saturated rings. The standard InChI is InChI=1S/C25H20N2O4S/c1-16-2-10-20(11-3-16)26-25-27-23(28)22(32-25)14-17-6-12-21(13-7-17)31-15-18-4-8-19(9-5-18)24(29)30/h2-14H,15H2,1H3,(H,29,30)(H,26,27,28)/b22-14+. The maximum Gasteiger partial charge on any atom is 0.335 e. The van der Waals surface area contributed by atoms with Gasteiger partial charge in [0.05, 0.1) is 16.2 Å². The minimum atomic E-state index is -0.954. The summed E-state index contributed by atoms with van der Waals surface area (Å²) in [5, 5.41) is 12.3. The molecular weight excluding hydrogens is 424 g/mol. The predicted molar refractivity (Wildman–Crippen MR) is 126 cm³/mol. The average Bonchev–Trinajstić information content (AvgIpc) is 3.13. The molecule has 1 heterocycles. The number of thioether (sulfide) groups is 1. The zero-order valence-electron chi connectivity index (χ0n) is 17.2. The first-order valence-electron chi connectivity index (χ1n) is 9.88. The lowest BCUT2D eigenvalue weighted by Gasteiger charge is -2.07. The highest BCUT2D eigenvalue weighted by Gasteiger charge is 2.23. The SMILES string of the molecule is Cc1ccc(N=C2NC(=O)/C(=C\c3ccc(OCc4ccc(C(=O)O)cc4)cc3)S2)cc1. The molecule has 3 aromatic rings. The summed E-state index contributed by atoms with van der Waals surface area (Å²) in [4.78, 5) is 28.2. The number of aromatic carboxylic acids is 1. The zero-order chi connectivity index (χ0) is 22.5. The lowest BCUT2D eigenvalue weighted by atomic mass is 10.1. The highest BCUT2D eigenvalue weighted by atomic mass is 32.2. The summed E-state index contributed by atoms with van der Waals surface area (Å²) in [5.41, 5.74) is 3.94. The van der Waals surface area contributed by atoms with E-state index in [-0.39, 0.29) is 11.5 Å². The fourth-order valence-electron chi connectivity index (χ4n) is 2.94. The molecular formula is C25H20N2O4S. The van der Waals surface area contributed by atoms with Crippen molar-refractivity contribution in [1.29, 1.82) is 0 Å². The van der Waals surface area contributed by atoms with Crippen LogP contribution in [0.5, 0.6) is 5.75 Å². The van der Waals surface area contributed by atoms with Crippen molar-refractivity contribution in [3.05, 3.63) is 100.0 Å². The lowest BCUT2D eigenvalue weighted by Crippen LogP contribution is -2.19. The third-order valence-electron chi connectivity index (χ3n) is 4.70. The number of rotatable bonds is 6. The largest absolute Gasteiger partial charge is 0.489 e. The highest BCUT2D eigenvalue weighted by molar-refractivity contribution is 8.18. The number of carbonyl (C=O) groups is 2. The van der Waals surface area contributed by atoms with Gasteiger partial charge in [-0.3, -0.25) is 4.79 Å². The normalized spacial score (nSPS) is 15.7. The molecule has 160 valence electrons. The van der Waals surface area contributed by atoms with Crippen LogP contribution in [0.15, 0.2) is 82.7 Å². The first-order chi connectivity index (χ1) is 15.5. The van der Waals surface area contributed by atoms with E-state index in [2.05, 4.69) is 10.3 Å². The van der Waals surface area contributed by atoms with Crippen LogP contribution in [-0.2, 0) is 11.4 Å². The van der Waals surface area contributed by atoms with Crippen molar-refractivity contribution < 1.29 is 19.4 Å². The lowest BCUT2D eigenvalue weighted by molar-refractivity contribution is -0.115. The highest BCUT2D eigenvalue weighted by Crippen LogP contribution is 2.28. The van der Waals surface area contributed by atoms with Crippen molar-refractivity contribution in [3.8, 4) is 5.75 Å². The van der Waals surface area contributed by atoms with E-state index >= 15 is 0 Å². The van der Waals surface area contributed by atoms with Gasteiger partial charge >= 0.3 is 5.97 Å². The van der Waals surface area contributed by atoms with Crippen LogP contribution in [0.2, 0.25) is 0 Å². The molecule has 7 heteroatoms. The average molecular weight is 445 g/mol. The van der Waals surface area contributed by atoms with E-state index in [9.17, 15) is 9.59 Å². The van der Waals surface area contributed by atoms with Crippen LogP contribution in [-0.4, -0.2) is 22.2 Å².